The Morgan fingerprint density at radius 2 is 1.68 bits per heavy atom. The molecule has 2 fully saturated rings. The van der Waals surface area contributed by atoms with Gasteiger partial charge in [0.1, 0.15) is 0 Å². The highest BCUT2D eigenvalue weighted by Gasteiger charge is 2.55. The Kier molecular flexibility index (Phi) is 2.73. The van der Waals surface area contributed by atoms with Crippen molar-refractivity contribution in [1.29, 1.82) is 0 Å². The topological polar surface area (TPSA) is 18.5 Å². The second kappa shape index (κ2) is 3.82. The van der Waals surface area contributed by atoms with Crippen LogP contribution in [0, 0.1) is 11.8 Å². The van der Waals surface area contributed by atoms with E-state index in [1.807, 2.05) is 33.8 Å². The summed E-state index contributed by atoms with van der Waals surface area (Å²) < 4.78 is 38.6. The summed E-state index contributed by atoms with van der Waals surface area (Å²) in [5, 5.41) is 0. The number of allylic oxidation sites excluding steroid dienone is 2. The summed E-state index contributed by atoms with van der Waals surface area (Å²) in [6.07, 6.45) is 2.67. The molecule has 1 saturated heterocycles. The van der Waals surface area contributed by atoms with Crippen LogP contribution in [0.4, 0.5) is 8.78 Å². The van der Waals surface area contributed by atoms with Crippen molar-refractivity contribution >= 4 is 7.12 Å². The molecule has 1 saturated carbocycles. The summed E-state index contributed by atoms with van der Waals surface area (Å²) in [6.45, 7) is 8.05. The average Bonchev–Trinajstić information content (AvgIpc) is 2.74. The fourth-order valence-electron chi connectivity index (χ4n) is 3.36. The van der Waals surface area contributed by atoms with Crippen molar-refractivity contribution in [2.45, 2.75) is 64.1 Å². The highest BCUT2D eigenvalue weighted by atomic mass is 19.3. The molecule has 1 aliphatic heterocycles. The Balaban J connectivity index is 1.74. The number of hydrogen-bond acceptors (Lipinski definition) is 2. The van der Waals surface area contributed by atoms with E-state index in [9.17, 15) is 8.78 Å². The predicted octanol–water partition coefficient (Wildman–Crippen LogP) is 3.61. The smallest absolute Gasteiger partial charge is 0.400 e. The minimum atomic E-state index is -2.48. The summed E-state index contributed by atoms with van der Waals surface area (Å²) >= 11 is 0. The zero-order valence-electron chi connectivity index (χ0n) is 12.0. The summed E-state index contributed by atoms with van der Waals surface area (Å²) in [5.74, 6) is -2.40. The fourth-order valence-corrected chi connectivity index (χ4v) is 3.36. The lowest BCUT2D eigenvalue weighted by Gasteiger charge is -2.32. The van der Waals surface area contributed by atoms with Crippen molar-refractivity contribution in [2.75, 3.05) is 0 Å². The molecule has 0 spiro atoms. The number of fused-ring (bicyclic) bond motifs is 1. The molecule has 0 aromatic rings. The molecule has 1 heterocycles. The van der Waals surface area contributed by atoms with Crippen molar-refractivity contribution in [2.24, 2.45) is 11.8 Å². The van der Waals surface area contributed by atoms with Crippen molar-refractivity contribution < 1.29 is 18.1 Å². The van der Waals surface area contributed by atoms with E-state index >= 15 is 0 Å². The third kappa shape index (κ3) is 2.15. The molecule has 0 aromatic carbocycles. The lowest BCUT2D eigenvalue weighted by atomic mass is 9.76. The van der Waals surface area contributed by atoms with E-state index in [4.69, 9.17) is 9.31 Å². The van der Waals surface area contributed by atoms with Crippen LogP contribution < -0.4 is 0 Å². The van der Waals surface area contributed by atoms with Gasteiger partial charge in [-0.05, 0) is 51.4 Å². The zero-order chi connectivity index (χ0) is 14.1. The van der Waals surface area contributed by atoms with E-state index in [1.54, 1.807) is 0 Å². The number of halogens is 2. The summed E-state index contributed by atoms with van der Waals surface area (Å²) in [5.41, 5.74) is 0.337. The molecule has 0 aromatic heterocycles. The van der Waals surface area contributed by atoms with E-state index in [-0.39, 0.29) is 43.0 Å². The highest BCUT2D eigenvalue weighted by molar-refractivity contribution is 6.54. The van der Waals surface area contributed by atoms with Gasteiger partial charge in [0, 0.05) is 12.8 Å². The molecule has 2 aliphatic carbocycles. The predicted molar refractivity (Wildman–Crippen MR) is 69.9 cm³/mol. The molecule has 0 amide bonds. The second-order valence-electron chi connectivity index (χ2n) is 7.22. The molecule has 0 bridgehead atoms. The molecular formula is C14H21BF2O2. The zero-order valence-corrected chi connectivity index (χ0v) is 12.0. The molecule has 2 nitrogen and oxygen atoms in total. The van der Waals surface area contributed by atoms with Crippen LogP contribution in [0.5, 0.6) is 0 Å². The molecule has 2 atom stereocenters. The Labute approximate surface area is 113 Å². The van der Waals surface area contributed by atoms with Crippen molar-refractivity contribution in [1.82, 2.24) is 0 Å². The quantitative estimate of drug-likeness (QED) is 0.678. The Bertz CT molecular complexity index is 415. The summed E-state index contributed by atoms with van der Waals surface area (Å²) in [6, 6.07) is 0. The standard InChI is InChI=1S/C14H21BF2O2/c1-12(2)13(3,4)19-15(18-12)11-5-9-7-14(16,17)8-10(9)6-11/h5,9-10H,6-8H2,1-4H3. The molecular weight excluding hydrogens is 249 g/mol. The molecule has 0 N–H and O–H groups in total. The first-order valence-corrected chi connectivity index (χ1v) is 7.04. The van der Waals surface area contributed by atoms with Crippen LogP contribution in [0.25, 0.3) is 0 Å². The average molecular weight is 270 g/mol. The summed E-state index contributed by atoms with van der Waals surface area (Å²) in [7, 11) is -0.357. The van der Waals surface area contributed by atoms with Gasteiger partial charge in [0.2, 0.25) is 5.92 Å². The van der Waals surface area contributed by atoms with Crippen LogP contribution in [-0.4, -0.2) is 24.2 Å². The maximum atomic E-state index is 13.3. The van der Waals surface area contributed by atoms with Crippen LogP contribution in [-0.2, 0) is 9.31 Å². The highest BCUT2D eigenvalue weighted by Crippen LogP contribution is 2.52. The van der Waals surface area contributed by atoms with Gasteiger partial charge in [0.25, 0.3) is 0 Å². The molecule has 5 heteroatoms. The van der Waals surface area contributed by atoms with Gasteiger partial charge in [0.05, 0.1) is 11.2 Å². The summed E-state index contributed by atoms with van der Waals surface area (Å²) in [4.78, 5) is 0. The van der Waals surface area contributed by atoms with Gasteiger partial charge >= 0.3 is 7.12 Å². The van der Waals surface area contributed by atoms with Gasteiger partial charge in [-0.2, -0.15) is 0 Å². The van der Waals surface area contributed by atoms with E-state index in [0.29, 0.717) is 6.42 Å². The van der Waals surface area contributed by atoms with Crippen LogP contribution in [0.1, 0.15) is 47.0 Å². The first kappa shape index (κ1) is 13.6. The number of rotatable bonds is 1. The molecule has 2 unspecified atom stereocenters. The SMILES string of the molecule is CC1(C)OB(C2=CC3CC(F)(F)CC3C2)OC1(C)C. The number of alkyl halides is 2. The lowest BCUT2D eigenvalue weighted by Crippen LogP contribution is -2.41. The Morgan fingerprint density at radius 1 is 1.11 bits per heavy atom. The third-order valence-electron chi connectivity index (χ3n) is 5.18. The maximum Gasteiger partial charge on any atom is 0.490 e. The monoisotopic (exact) mass is 270 g/mol. The van der Waals surface area contributed by atoms with Crippen LogP contribution in [0.3, 0.4) is 0 Å². The first-order chi connectivity index (χ1) is 8.60. The molecule has 3 rings (SSSR count). The Morgan fingerprint density at radius 3 is 2.21 bits per heavy atom. The minimum absolute atomic E-state index is 0.00373. The van der Waals surface area contributed by atoms with Gasteiger partial charge in [-0.1, -0.05) is 6.08 Å². The number of hydrogen-bond donors (Lipinski definition) is 0. The van der Waals surface area contributed by atoms with Gasteiger partial charge in [0.15, 0.2) is 0 Å². The van der Waals surface area contributed by atoms with Gasteiger partial charge in [-0.3, -0.25) is 0 Å². The van der Waals surface area contributed by atoms with Crippen molar-refractivity contribution in [3.05, 3.63) is 11.5 Å². The normalized spacial score (nSPS) is 38.4. The largest absolute Gasteiger partial charge is 0.490 e. The van der Waals surface area contributed by atoms with E-state index in [1.165, 1.54) is 0 Å². The Hall–Kier alpha value is -0.415. The van der Waals surface area contributed by atoms with E-state index < -0.39 is 5.92 Å². The van der Waals surface area contributed by atoms with Gasteiger partial charge in [-0.25, -0.2) is 8.78 Å². The maximum absolute atomic E-state index is 13.3. The van der Waals surface area contributed by atoms with Crippen LogP contribution >= 0.6 is 0 Å². The second-order valence-corrected chi connectivity index (χ2v) is 7.22. The van der Waals surface area contributed by atoms with E-state index in [0.717, 1.165) is 5.47 Å². The molecule has 106 valence electrons. The molecule has 19 heavy (non-hydrogen) atoms. The van der Waals surface area contributed by atoms with Gasteiger partial charge in [-0.15, -0.1) is 0 Å². The minimum Gasteiger partial charge on any atom is -0.400 e. The van der Waals surface area contributed by atoms with E-state index in [2.05, 4.69) is 0 Å². The van der Waals surface area contributed by atoms with Crippen molar-refractivity contribution in [3.8, 4) is 0 Å². The molecule has 0 radical (unpaired) electrons. The fraction of sp³-hybridized carbons (Fsp3) is 0.857. The van der Waals surface area contributed by atoms with Crippen LogP contribution in [0.15, 0.2) is 11.5 Å². The van der Waals surface area contributed by atoms with Crippen LogP contribution in [0.2, 0.25) is 0 Å². The lowest BCUT2D eigenvalue weighted by molar-refractivity contribution is 0.00309. The van der Waals surface area contributed by atoms with Gasteiger partial charge < -0.3 is 9.31 Å². The third-order valence-corrected chi connectivity index (χ3v) is 5.18. The molecule has 3 aliphatic rings. The van der Waals surface area contributed by atoms with Crippen molar-refractivity contribution in [3.63, 3.8) is 0 Å². The first-order valence-electron chi connectivity index (χ1n) is 7.04.